The number of benzene rings is 1. The lowest BCUT2D eigenvalue weighted by Gasteiger charge is -2.24. The quantitative estimate of drug-likeness (QED) is 0.775. The van der Waals surface area contributed by atoms with Gasteiger partial charge in [0.1, 0.15) is 5.82 Å². The summed E-state index contributed by atoms with van der Waals surface area (Å²) in [7, 11) is -3.43. The molecule has 0 spiro atoms. The molecule has 1 aliphatic carbocycles. The molecule has 0 aromatic heterocycles. The Hall–Kier alpha value is -2.42. The third kappa shape index (κ3) is 3.57. The number of rotatable bonds is 4. The Bertz CT molecular complexity index is 868. The minimum atomic E-state index is -3.43. The van der Waals surface area contributed by atoms with E-state index in [-0.39, 0.29) is 30.0 Å². The minimum Gasteiger partial charge on any atom is -0.481 e. The molecular formula is C17H19FN2O5S. The summed E-state index contributed by atoms with van der Waals surface area (Å²) in [6.07, 6.45) is 4.41. The van der Waals surface area contributed by atoms with Crippen LogP contribution in [-0.2, 0) is 19.6 Å². The second kappa shape index (κ2) is 7.06. The average Bonchev–Trinajstić information content (AvgIpc) is 2.96. The number of carbonyl (C=O) groups is 2. The van der Waals surface area contributed by atoms with E-state index in [9.17, 15) is 27.5 Å². The van der Waals surface area contributed by atoms with Gasteiger partial charge < -0.3 is 10.4 Å². The van der Waals surface area contributed by atoms with E-state index in [1.165, 1.54) is 16.4 Å². The van der Waals surface area contributed by atoms with E-state index in [0.29, 0.717) is 13.0 Å². The van der Waals surface area contributed by atoms with Crippen LogP contribution >= 0.6 is 0 Å². The Morgan fingerprint density at radius 1 is 1.19 bits per heavy atom. The van der Waals surface area contributed by atoms with Crippen molar-refractivity contribution in [1.29, 1.82) is 0 Å². The number of hydrogen-bond donors (Lipinski definition) is 2. The molecule has 0 radical (unpaired) electrons. The van der Waals surface area contributed by atoms with Crippen LogP contribution < -0.4 is 9.62 Å². The van der Waals surface area contributed by atoms with Crippen molar-refractivity contribution in [3.05, 3.63) is 36.2 Å². The van der Waals surface area contributed by atoms with Crippen LogP contribution in [0.25, 0.3) is 0 Å². The van der Waals surface area contributed by atoms with Gasteiger partial charge in [0.05, 0.1) is 29.0 Å². The van der Waals surface area contributed by atoms with Crippen molar-refractivity contribution in [3.63, 3.8) is 0 Å². The van der Waals surface area contributed by atoms with Crippen LogP contribution in [0.4, 0.5) is 15.8 Å². The summed E-state index contributed by atoms with van der Waals surface area (Å²) in [4.78, 5) is 23.8. The maximum atomic E-state index is 14.1. The predicted molar refractivity (Wildman–Crippen MR) is 93.8 cm³/mol. The molecule has 26 heavy (non-hydrogen) atoms. The lowest BCUT2D eigenvalue weighted by atomic mass is 9.82. The fraction of sp³-hybridized carbons (Fsp3) is 0.412. The first-order valence-electron chi connectivity index (χ1n) is 8.28. The average molecular weight is 382 g/mol. The van der Waals surface area contributed by atoms with Crippen molar-refractivity contribution >= 4 is 33.3 Å². The zero-order valence-electron chi connectivity index (χ0n) is 13.9. The van der Waals surface area contributed by atoms with Crippen LogP contribution in [0.3, 0.4) is 0 Å². The number of carbonyl (C=O) groups excluding carboxylic acids is 1. The van der Waals surface area contributed by atoms with Gasteiger partial charge in [-0.2, -0.15) is 0 Å². The van der Waals surface area contributed by atoms with Crippen molar-refractivity contribution < 1.29 is 27.5 Å². The number of sulfonamides is 1. The molecule has 1 aliphatic heterocycles. The van der Waals surface area contributed by atoms with Gasteiger partial charge in [0.2, 0.25) is 15.9 Å². The van der Waals surface area contributed by atoms with E-state index in [4.69, 9.17) is 0 Å². The zero-order chi connectivity index (χ0) is 18.9. The molecule has 1 heterocycles. The molecule has 1 amide bonds. The standard InChI is InChI=1S/C17H19FN2O5S/c18-14-7-6-11(20-8-3-9-26(20,24)25)10-15(14)19-16(21)12-4-1-2-5-13(12)17(22)23/h1-2,6-7,10,12-13H,3-5,8-9H2,(H,19,21)(H,22,23)/t12-,13-/m0/s1. The highest BCUT2D eigenvalue weighted by atomic mass is 32.2. The van der Waals surface area contributed by atoms with Crippen molar-refractivity contribution in [1.82, 2.24) is 0 Å². The number of nitrogens with zero attached hydrogens (tertiary/aromatic N) is 1. The smallest absolute Gasteiger partial charge is 0.307 e. The highest BCUT2D eigenvalue weighted by molar-refractivity contribution is 7.93. The van der Waals surface area contributed by atoms with Crippen molar-refractivity contribution in [2.75, 3.05) is 21.9 Å². The zero-order valence-corrected chi connectivity index (χ0v) is 14.7. The molecule has 7 nitrogen and oxygen atoms in total. The normalized spacial score (nSPS) is 24.4. The van der Waals surface area contributed by atoms with E-state index in [1.807, 2.05) is 0 Å². The van der Waals surface area contributed by atoms with Gasteiger partial charge in [0.15, 0.2) is 0 Å². The van der Waals surface area contributed by atoms with Gasteiger partial charge in [0, 0.05) is 6.54 Å². The number of carboxylic acids is 1. The molecule has 1 saturated heterocycles. The number of hydrogen-bond acceptors (Lipinski definition) is 4. The maximum Gasteiger partial charge on any atom is 0.307 e. The molecule has 3 rings (SSSR count). The maximum absolute atomic E-state index is 14.1. The molecule has 1 aromatic carbocycles. The third-order valence-corrected chi connectivity index (χ3v) is 6.55. The summed E-state index contributed by atoms with van der Waals surface area (Å²) in [5, 5.41) is 11.7. The predicted octanol–water partition coefficient (Wildman–Crippen LogP) is 1.97. The van der Waals surface area contributed by atoms with Crippen molar-refractivity contribution in [2.45, 2.75) is 19.3 Å². The van der Waals surface area contributed by atoms with Gasteiger partial charge in [-0.15, -0.1) is 0 Å². The van der Waals surface area contributed by atoms with Crippen LogP contribution in [0.2, 0.25) is 0 Å². The number of aliphatic carboxylic acids is 1. The number of amides is 1. The van der Waals surface area contributed by atoms with E-state index in [2.05, 4.69) is 5.32 Å². The SMILES string of the molecule is O=C(O)[C@H]1CC=CC[C@@H]1C(=O)Nc1cc(N2CCCS2(=O)=O)ccc1F. The molecule has 2 aliphatic rings. The first kappa shape index (κ1) is 18.4. The van der Waals surface area contributed by atoms with E-state index in [0.717, 1.165) is 6.07 Å². The summed E-state index contributed by atoms with van der Waals surface area (Å²) in [5.74, 6) is -4.03. The number of anilines is 2. The second-order valence-corrected chi connectivity index (χ2v) is 8.40. The third-order valence-electron chi connectivity index (χ3n) is 4.68. The summed E-state index contributed by atoms with van der Waals surface area (Å²) >= 11 is 0. The number of carboxylic acid groups (broad SMARTS) is 1. The second-order valence-electron chi connectivity index (χ2n) is 6.39. The molecule has 140 valence electrons. The lowest BCUT2D eigenvalue weighted by molar-refractivity contribution is -0.146. The molecule has 1 fully saturated rings. The molecule has 2 N–H and O–H groups in total. The Labute approximate surface area is 150 Å². The molecular weight excluding hydrogens is 363 g/mol. The summed E-state index contributed by atoms with van der Waals surface area (Å²) in [6, 6.07) is 3.70. The van der Waals surface area contributed by atoms with E-state index < -0.39 is 39.6 Å². The van der Waals surface area contributed by atoms with Gasteiger partial charge in [-0.25, -0.2) is 12.8 Å². The summed E-state index contributed by atoms with van der Waals surface area (Å²) in [5.41, 5.74) is 0.116. The first-order valence-corrected chi connectivity index (χ1v) is 9.89. The number of nitrogens with one attached hydrogen (secondary N) is 1. The number of halogens is 1. The van der Waals surface area contributed by atoms with Gasteiger partial charge in [0.25, 0.3) is 0 Å². The van der Waals surface area contributed by atoms with Crippen molar-refractivity contribution in [2.24, 2.45) is 11.8 Å². The fourth-order valence-corrected chi connectivity index (χ4v) is 4.85. The molecule has 9 heteroatoms. The Kier molecular flexibility index (Phi) is 4.99. The van der Waals surface area contributed by atoms with Gasteiger partial charge in [-0.05, 0) is 37.5 Å². The first-order chi connectivity index (χ1) is 12.3. The highest BCUT2D eigenvalue weighted by Gasteiger charge is 2.34. The highest BCUT2D eigenvalue weighted by Crippen LogP contribution is 2.31. The Morgan fingerprint density at radius 2 is 1.88 bits per heavy atom. The van der Waals surface area contributed by atoms with Gasteiger partial charge in [-0.3, -0.25) is 13.9 Å². The molecule has 1 aromatic rings. The Morgan fingerprint density at radius 3 is 2.50 bits per heavy atom. The lowest BCUT2D eigenvalue weighted by Crippen LogP contribution is -2.35. The van der Waals surface area contributed by atoms with E-state index >= 15 is 0 Å². The van der Waals surface area contributed by atoms with Gasteiger partial charge in [-0.1, -0.05) is 12.2 Å². The van der Waals surface area contributed by atoms with Crippen LogP contribution in [0.1, 0.15) is 19.3 Å². The molecule has 2 atom stereocenters. The summed E-state index contributed by atoms with van der Waals surface area (Å²) < 4.78 is 39.3. The van der Waals surface area contributed by atoms with Crippen LogP contribution in [-0.4, -0.2) is 37.7 Å². The molecule has 0 saturated carbocycles. The van der Waals surface area contributed by atoms with Gasteiger partial charge >= 0.3 is 5.97 Å². The number of allylic oxidation sites excluding steroid dienone is 2. The monoisotopic (exact) mass is 382 g/mol. The molecule has 0 unspecified atom stereocenters. The molecule has 0 bridgehead atoms. The fourth-order valence-electron chi connectivity index (χ4n) is 3.30. The van der Waals surface area contributed by atoms with Crippen LogP contribution in [0.5, 0.6) is 0 Å². The van der Waals surface area contributed by atoms with Crippen LogP contribution in [0.15, 0.2) is 30.4 Å². The van der Waals surface area contributed by atoms with Crippen molar-refractivity contribution in [3.8, 4) is 0 Å². The van der Waals surface area contributed by atoms with E-state index in [1.54, 1.807) is 12.2 Å². The largest absolute Gasteiger partial charge is 0.481 e. The van der Waals surface area contributed by atoms with Crippen LogP contribution in [0, 0.1) is 17.7 Å². The summed E-state index contributed by atoms with van der Waals surface area (Å²) in [6.45, 7) is 0.301. The Balaban J connectivity index is 1.83. The topological polar surface area (TPSA) is 104 Å². The minimum absolute atomic E-state index is 0.0285.